The molecule has 6 aromatic carbocycles. The predicted octanol–water partition coefficient (Wildman–Crippen LogP) is 13.8. The number of rotatable bonds is 12. The SMILES string of the molecule is C=CC(=O)N1[C@H](C)CN(c2nc(=O)n3c4c(c(-c5ccc(F)cc5F)c(C)cc24)SCC(n2cccn2)C3)C[C@@H]1C.C=CC(=O)N1[C@H](C)CN(c2nc(=O)n3c4c(c(-c5ccc(F)cc5F)c(C)cc24)SCC(n2ccnc2)C3)C[C@@H]1C.C=CC(=O)N1[C@H](C)CN(c2nc(=O)n3c4c(c(-c5ccc(F)cc5F)c(C)cc24)SCC(n2ccnn2)C3)C[C@@H]1C. The summed E-state index contributed by atoms with van der Waals surface area (Å²) in [7, 11) is 0. The zero-order valence-electron chi connectivity index (χ0n) is 69.0. The number of hydrogen-bond acceptors (Lipinski definition) is 19. The number of piperazine rings is 3. The quantitative estimate of drug-likeness (QED) is 0.0815. The first-order valence-corrected chi connectivity index (χ1v) is 43.4. The number of halogens is 6. The summed E-state index contributed by atoms with van der Waals surface area (Å²) >= 11 is 4.60. The van der Waals surface area contributed by atoms with Gasteiger partial charge in [-0.05, 0) is 158 Å². The molecule has 0 spiro atoms. The van der Waals surface area contributed by atoms with Crippen molar-refractivity contribution in [1.29, 1.82) is 0 Å². The Bertz CT molecular complexity index is 5790. The number of imidazole rings is 1. The number of aryl methyl sites for hydroxylation is 3. The topological polar surface area (TPSA) is 242 Å². The van der Waals surface area contributed by atoms with Crippen LogP contribution < -0.4 is 31.8 Å². The van der Waals surface area contributed by atoms with E-state index in [2.05, 4.69) is 69.8 Å². The van der Waals surface area contributed by atoms with E-state index in [0.29, 0.717) is 127 Å². The van der Waals surface area contributed by atoms with E-state index >= 15 is 13.2 Å². The number of thioether (sulfide) groups is 3. The predicted molar refractivity (Wildman–Crippen MR) is 467 cm³/mol. The van der Waals surface area contributed by atoms with Gasteiger partial charge in [-0.2, -0.15) is 20.1 Å². The number of aromatic nitrogens is 13. The lowest BCUT2D eigenvalue weighted by atomic mass is 9.97. The molecule has 9 atom stereocenters. The van der Waals surface area contributed by atoms with Gasteiger partial charge in [0, 0.05) is 213 Å². The molecule has 0 aliphatic carbocycles. The molecule has 6 aliphatic rings. The summed E-state index contributed by atoms with van der Waals surface area (Å²) < 4.78 is 97.8. The minimum atomic E-state index is -0.671. The third-order valence-electron chi connectivity index (χ3n) is 23.8. The maximum atomic E-state index is 15.2. The lowest BCUT2D eigenvalue weighted by Crippen LogP contribution is -2.58. The van der Waals surface area contributed by atoms with E-state index < -0.39 is 52.0 Å². The molecule has 12 heterocycles. The average Bonchev–Trinajstić information content (AvgIpc) is 1.73. The molecule has 0 radical (unpaired) electrons. The Labute approximate surface area is 716 Å². The smallest absolute Gasteiger partial charge is 0.350 e. The van der Waals surface area contributed by atoms with Crippen LogP contribution in [0.25, 0.3) is 66.1 Å². The molecule has 123 heavy (non-hydrogen) atoms. The van der Waals surface area contributed by atoms with Crippen molar-refractivity contribution in [3.8, 4) is 33.4 Å². The van der Waals surface area contributed by atoms with Gasteiger partial charge in [0.15, 0.2) is 0 Å². The van der Waals surface area contributed by atoms with Crippen molar-refractivity contribution in [1.82, 2.24) is 77.7 Å². The van der Waals surface area contributed by atoms with E-state index in [9.17, 15) is 41.9 Å². The summed E-state index contributed by atoms with van der Waals surface area (Å²) in [4.78, 5) is 111. The minimum Gasteiger partial charge on any atom is -0.352 e. The summed E-state index contributed by atoms with van der Waals surface area (Å²) in [6.07, 6.45) is 16.2. The molecule has 0 saturated carbocycles. The summed E-state index contributed by atoms with van der Waals surface area (Å²) in [5, 5.41) is 14.8. The maximum Gasteiger partial charge on any atom is 0.350 e. The molecular formula is C89H89F6N19O6S3. The highest BCUT2D eigenvalue weighted by molar-refractivity contribution is 8.00. The average molecular weight is 1730 g/mol. The van der Waals surface area contributed by atoms with Crippen LogP contribution in [0.3, 0.4) is 0 Å². The van der Waals surface area contributed by atoms with Crippen LogP contribution in [0.2, 0.25) is 0 Å². The van der Waals surface area contributed by atoms with Crippen LogP contribution >= 0.6 is 35.3 Å². The summed E-state index contributed by atoms with van der Waals surface area (Å²) in [6, 6.07) is 17.2. The second-order valence-electron chi connectivity index (χ2n) is 32.2. The lowest BCUT2D eigenvalue weighted by Gasteiger charge is -2.44. The Balaban J connectivity index is 0.000000137. The Morgan fingerprint density at radius 2 is 0.764 bits per heavy atom. The number of anilines is 3. The molecule has 18 rings (SSSR count). The highest BCUT2D eigenvalue weighted by Crippen LogP contribution is 2.50. The normalized spacial score (nSPS) is 20.8. The highest BCUT2D eigenvalue weighted by Gasteiger charge is 2.40. The fraction of sp³-hybridized carbons (Fsp3) is 0.337. The monoisotopic (exact) mass is 1730 g/mol. The number of hydrogen-bond donors (Lipinski definition) is 0. The fourth-order valence-electron chi connectivity index (χ4n) is 18.6. The van der Waals surface area contributed by atoms with Gasteiger partial charge in [0.2, 0.25) is 17.7 Å². The molecule has 6 aliphatic heterocycles. The molecule has 0 N–H and O–H groups in total. The highest BCUT2D eigenvalue weighted by atomic mass is 32.2. The van der Waals surface area contributed by atoms with Gasteiger partial charge in [-0.15, -0.1) is 40.4 Å². The first-order valence-electron chi connectivity index (χ1n) is 40.4. The van der Waals surface area contributed by atoms with E-state index in [1.165, 1.54) is 78.2 Å². The van der Waals surface area contributed by atoms with Crippen LogP contribution in [0.15, 0.2) is 189 Å². The number of benzene rings is 6. The molecule has 636 valence electrons. The van der Waals surface area contributed by atoms with Crippen LogP contribution in [-0.4, -0.2) is 188 Å². The van der Waals surface area contributed by atoms with Gasteiger partial charge >= 0.3 is 17.1 Å². The van der Waals surface area contributed by atoms with Crippen LogP contribution in [0.5, 0.6) is 0 Å². The third kappa shape index (κ3) is 15.8. The van der Waals surface area contributed by atoms with Crippen LogP contribution in [-0.2, 0) is 34.0 Å². The van der Waals surface area contributed by atoms with E-state index in [0.717, 1.165) is 65.7 Å². The first kappa shape index (κ1) is 84.6. The molecule has 0 bridgehead atoms. The molecule has 25 nitrogen and oxygen atoms in total. The number of amides is 3. The lowest BCUT2D eigenvalue weighted by molar-refractivity contribution is -0.131. The zero-order valence-corrected chi connectivity index (χ0v) is 71.5. The molecule has 34 heteroatoms. The molecule has 6 aromatic heterocycles. The van der Waals surface area contributed by atoms with Crippen LogP contribution in [0.4, 0.5) is 43.8 Å². The van der Waals surface area contributed by atoms with Gasteiger partial charge in [-0.25, -0.2) is 50.4 Å². The van der Waals surface area contributed by atoms with Crippen molar-refractivity contribution >= 4 is 103 Å². The van der Waals surface area contributed by atoms with Gasteiger partial charge in [0.1, 0.15) is 52.4 Å². The molecule has 12 aromatic rings. The van der Waals surface area contributed by atoms with Gasteiger partial charge in [0.25, 0.3) is 0 Å². The number of nitrogens with zero attached hydrogens (tertiary/aromatic N) is 19. The van der Waals surface area contributed by atoms with E-state index in [1.807, 2.05) is 108 Å². The van der Waals surface area contributed by atoms with Crippen LogP contribution in [0.1, 0.15) is 76.4 Å². The summed E-state index contributed by atoms with van der Waals surface area (Å²) in [5.74, 6) is -0.989. The third-order valence-corrected chi connectivity index (χ3v) is 27.5. The van der Waals surface area contributed by atoms with E-state index in [4.69, 9.17) is 0 Å². The van der Waals surface area contributed by atoms with Crippen molar-refractivity contribution < 1.29 is 40.7 Å². The molecule has 3 fully saturated rings. The van der Waals surface area contributed by atoms with E-state index in [-0.39, 0.29) is 88.8 Å². The standard InChI is InChI=1S/2C30H30F2N6O2S.C29H29F2N7O2S/c1-5-25(39)38-18(3)13-35(14-19(38)4)29-23-11-17(2)26(22-8-7-20(31)12-24(22)32)28-27(23)36(30(40)34-29)15-21(16-41-28)37-10-6-9-33-37;1-5-25(39)38-18(3)12-36(13-19(38)4)29-23-10-17(2)26(22-7-6-20(31)11-24(22)32)28-27(23)37(30(40)34-29)14-21(15-41-28)35-9-8-33-16-35;1-5-24(39)38-17(3)12-35(13-18(38)4)28-22-10-16(2)25(21-7-6-19(30)11-23(21)31)27-26(22)36(29(40)33-28)14-20(15-41-27)37-9-8-32-34-37/h5-12,18-19,21H,1,13-16H2,2-4H3;5-11,16,18-19,21H,1,12-15H2,2-4H3;5-11,17-18,20H,1,12-15H2,2-4H3/t2*18-,19+,21?;17-,18+,20?. The first-order chi connectivity index (χ1) is 59.0. The van der Waals surface area contributed by atoms with Crippen molar-refractivity contribution in [3.63, 3.8) is 0 Å². The van der Waals surface area contributed by atoms with Crippen molar-refractivity contribution in [2.24, 2.45) is 0 Å². The fourth-order valence-corrected chi connectivity index (χ4v) is 22.8. The largest absolute Gasteiger partial charge is 0.352 e. The Hall–Kier alpha value is -12.0. The van der Waals surface area contributed by atoms with Gasteiger partial charge < -0.3 is 34.0 Å². The Morgan fingerprint density at radius 3 is 1.07 bits per heavy atom. The van der Waals surface area contributed by atoms with E-state index in [1.54, 1.807) is 76.0 Å². The molecule has 3 amide bonds. The van der Waals surface area contributed by atoms with Crippen molar-refractivity contribution in [2.75, 3.05) is 71.2 Å². The second kappa shape index (κ2) is 34.3. The Morgan fingerprint density at radius 1 is 0.423 bits per heavy atom. The molecule has 3 saturated heterocycles. The minimum absolute atomic E-state index is 0.0943. The second-order valence-corrected chi connectivity index (χ2v) is 35.3. The summed E-state index contributed by atoms with van der Waals surface area (Å²) in [6.45, 7) is 32.3. The zero-order chi connectivity index (χ0) is 87.0. The van der Waals surface area contributed by atoms with Crippen LogP contribution in [0, 0.1) is 55.7 Å². The van der Waals surface area contributed by atoms with Gasteiger partial charge in [-0.1, -0.05) is 25.0 Å². The van der Waals surface area contributed by atoms with Gasteiger partial charge in [0.05, 0.1) is 60.3 Å². The number of carbonyl (C=O) groups excluding carboxylic acids is 3. The van der Waals surface area contributed by atoms with Crippen molar-refractivity contribution in [2.45, 2.75) is 151 Å². The van der Waals surface area contributed by atoms with Crippen molar-refractivity contribution in [3.05, 3.63) is 243 Å². The maximum absolute atomic E-state index is 15.2. The van der Waals surface area contributed by atoms with Gasteiger partial charge in [-0.3, -0.25) is 32.8 Å². The molecule has 3 unspecified atom stereocenters. The number of carbonyl (C=O) groups is 3. The Kier molecular flexibility index (Phi) is 23.6. The summed E-state index contributed by atoms with van der Waals surface area (Å²) in [5.41, 5.74) is 5.85. The molecular weight excluding hydrogens is 1640 g/mol.